The summed E-state index contributed by atoms with van der Waals surface area (Å²) in [6, 6.07) is 0. The molecule has 0 saturated carbocycles. The van der Waals surface area contributed by atoms with Crippen LogP contribution in [0.25, 0.3) is 0 Å². The molecule has 0 heterocycles. The summed E-state index contributed by atoms with van der Waals surface area (Å²) < 4.78 is 0. The Bertz CT molecular complexity index is 8.00. The average molecular weight is 184 g/mol. The van der Waals surface area contributed by atoms with E-state index < -0.39 is 0 Å². The van der Waals surface area contributed by atoms with Crippen LogP contribution in [0.2, 0.25) is 0 Å². The van der Waals surface area contributed by atoms with Crippen LogP contribution in [0, 0.1) is 0 Å². The third kappa shape index (κ3) is 8.85. The van der Waals surface area contributed by atoms with E-state index in [0.717, 1.165) is 0 Å². The van der Waals surface area contributed by atoms with Crippen molar-refractivity contribution in [1.82, 2.24) is 0 Å². The predicted molar refractivity (Wildman–Crippen MR) is 5.75 cm³/mol. The van der Waals surface area contributed by atoms with Gasteiger partial charge in [-0.25, -0.2) is 0 Å². The van der Waals surface area contributed by atoms with Crippen LogP contribution in [0.5, 0.6) is 0 Å². The zero-order valence-corrected chi connectivity index (χ0v) is 6.94. The van der Waals surface area contributed by atoms with Crippen LogP contribution >= 0.6 is 0 Å². The molecule has 4 heavy (non-hydrogen) atoms. The molecule has 0 fully saturated rings. The Morgan fingerprint density at radius 3 is 1.00 bits per heavy atom. The second-order valence-electron chi connectivity index (χ2n) is 0. The molecule has 4 radical (unpaired) electrons. The van der Waals surface area contributed by atoms with E-state index in [4.69, 9.17) is 0 Å². The first-order valence-corrected chi connectivity index (χ1v) is 0. The maximum atomic E-state index is 0. The van der Waals surface area contributed by atoms with Crippen molar-refractivity contribution in [3.05, 3.63) is 0 Å². The minimum atomic E-state index is 0. The Balaban J connectivity index is 0. The molecule has 0 saturated heterocycles. The summed E-state index contributed by atoms with van der Waals surface area (Å²) in [4.78, 5) is 0. The van der Waals surface area contributed by atoms with E-state index in [9.17, 15) is 0 Å². The normalized spacial score (nSPS) is 0. The first-order chi connectivity index (χ1) is 0. The van der Waals surface area contributed by atoms with E-state index in [-0.39, 0.29) is 74.1 Å². The third-order valence-corrected chi connectivity index (χ3v) is 0. The molecule has 0 bridgehead atoms. The molecule has 0 aromatic carbocycles. The van der Waals surface area contributed by atoms with Crippen LogP contribution in [0.1, 0.15) is 0 Å². The molecule has 4 heteroatoms. The van der Waals surface area contributed by atoms with Gasteiger partial charge in [-0.2, -0.15) is 0 Å². The summed E-state index contributed by atoms with van der Waals surface area (Å²) in [5.41, 5.74) is 0. The average Bonchev–Trinajstić information content (AvgIpc) is 0. The maximum absolute atomic E-state index is 0. The molecule has 0 N–H and O–H groups in total. The molecule has 0 rings (SSSR count). The fourth-order valence-corrected chi connectivity index (χ4v) is 0. The van der Waals surface area contributed by atoms with Gasteiger partial charge < -0.3 is 0 Å². The van der Waals surface area contributed by atoms with Crippen molar-refractivity contribution in [3.8, 4) is 0 Å². The molecular weight excluding hydrogens is 184 g/mol. The molecule has 0 amide bonds. The molecule has 22 valence electrons. The van der Waals surface area contributed by atoms with Gasteiger partial charge in [-0.1, -0.05) is 0 Å². The molecular formula is AlNiTiV. The molecule has 0 unspecified atom stereocenters. The van der Waals surface area contributed by atoms with E-state index in [0.29, 0.717) is 0 Å². The van der Waals surface area contributed by atoms with Crippen molar-refractivity contribution in [2.45, 2.75) is 0 Å². The van der Waals surface area contributed by atoms with Gasteiger partial charge in [-0.3, -0.25) is 0 Å². The van der Waals surface area contributed by atoms with Gasteiger partial charge in [0.2, 0.25) is 0 Å². The van der Waals surface area contributed by atoms with Gasteiger partial charge in [0.1, 0.15) is 0 Å². The van der Waals surface area contributed by atoms with Crippen LogP contribution < -0.4 is 0 Å². The van der Waals surface area contributed by atoms with Gasteiger partial charge in [0, 0.05) is 74.1 Å². The zero-order chi connectivity index (χ0) is 0. The van der Waals surface area contributed by atoms with Crippen molar-refractivity contribution in [3.63, 3.8) is 0 Å². The Kier molecular flexibility index (Phi) is 153. The van der Waals surface area contributed by atoms with Gasteiger partial charge in [0.25, 0.3) is 0 Å². The van der Waals surface area contributed by atoms with E-state index in [1.165, 1.54) is 0 Å². The molecule has 0 aliphatic carbocycles. The van der Waals surface area contributed by atoms with Gasteiger partial charge in [0.05, 0.1) is 0 Å². The molecule has 0 nitrogen and oxygen atoms in total. The van der Waals surface area contributed by atoms with Gasteiger partial charge in [-0.15, -0.1) is 0 Å². The van der Waals surface area contributed by atoms with Crippen molar-refractivity contribution < 1.29 is 56.8 Å². The monoisotopic (exact) mass is 184 g/mol. The quantitative estimate of drug-likeness (QED) is 0.450. The van der Waals surface area contributed by atoms with Crippen molar-refractivity contribution in [1.29, 1.82) is 0 Å². The topological polar surface area (TPSA) is 0 Å². The Morgan fingerprint density at radius 1 is 1.00 bits per heavy atom. The van der Waals surface area contributed by atoms with E-state index in [2.05, 4.69) is 0 Å². The molecule has 0 atom stereocenters. The van der Waals surface area contributed by atoms with Crippen LogP contribution in [-0.4, -0.2) is 17.4 Å². The summed E-state index contributed by atoms with van der Waals surface area (Å²) in [6.45, 7) is 0. The molecule has 0 aromatic rings. The van der Waals surface area contributed by atoms with Gasteiger partial charge in [-0.05, 0) is 0 Å². The van der Waals surface area contributed by atoms with E-state index in [1.807, 2.05) is 0 Å². The summed E-state index contributed by atoms with van der Waals surface area (Å²) in [6.07, 6.45) is 0. The van der Waals surface area contributed by atoms with Crippen molar-refractivity contribution in [2.75, 3.05) is 0 Å². The minimum absolute atomic E-state index is 0. The van der Waals surface area contributed by atoms with Crippen molar-refractivity contribution >= 4 is 17.4 Å². The van der Waals surface area contributed by atoms with Gasteiger partial charge >= 0.3 is 0 Å². The smallest absolute Gasteiger partial charge is 0 e. The summed E-state index contributed by atoms with van der Waals surface area (Å²) in [7, 11) is 0. The fourth-order valence-electron chi connectivity index (χ4n) is 0. The SMILES string of the molecule is [Al].[Ni].[Ti].[V]. The second kappa shape index (κ2) is 18.4. The zero-order valence-electron chi connectivity index (χ0n) is 1.84. The summed E-state index contributed by atoms with van der Waals surface area (Å²) >= 11 is 0. The fraction of sp³-hybridized carbons (Fsp3) is 0. The standard InChI is InChI=1S/Al.Ni.Ti.V. The second-order valence-corrected chi connectivity index (χ2v) is 0. The largest absolute Gasteiger partial charge is 0 e. The van der Waals surface area contributed by atoms with Crippen LogP contribution in [0.3, 0.4) is 0 Å². The van der Waals surface area contributed by atoms with Gasteiger partial charge in [0.15, 0.2) is 0 Å². The summed E-state index contributed by atoms with van der Waals surface area (Å²) in [5.74, 6) is 0. The van der Waals surface area contributed by atoms with E-state index >= 15 is 0 Å². The van der Waals surface area contributed by atoms with Crippen molar-refractivity contribution in [2.24, 2.45) is 0 Å². The Morgan fingerprint density at radius 2 is 1.00 bits per heavy atom. The Hall–Kier alpha value is 2.32. The first-order valence-electron chi connectivity index (χ1n) is 0. The number of rotatable bonds is 0. The van der Waals surface area contributed by atoms with Crippen LogP contribution in [-0.2, 0) is 56.8 Å². The minimum Gasteiger partial charge on any atom is 0 e. The van der Waals surface area contributed by atoms with Crippen LogP contribution in [0.15, 0.2) is 0 Å². The molecule has 0 aliphatic rings. The maximum Gasteiger partial charge on any atom is 0 e. The first kappa shape index (κ1) is 33.2. The number of hydrogen-bond donors (Lipinski definition) is 0. The molecule has 0 aliphatic heterocycles. The summed E-state index contributed by atoms with van der Waals surface area (Å²) in [5, 5.41) is 0. The molecule has 0 aromatic heterocycles. The predicted octanol–water partition coefficient (Wildman–Crippen LogP) is -0.388. The third-order valence-electron chi connectivity index (χ3n) is 0. The van der Waals surface area contributed by atoms with Crippen LogP contribution in [0.4, 0.5) is 0 Å². The molecule has 0 spiro atoms. The van der Waals surface area contributed by atoms with E-state index in [1.54, 1.807) is 0 Å². The Labute approximate surface area is 73.3 Å². The number of hydrogen-bond acceptors (Lipinski definition) is 0.